The molecule has 17 heavy (non-hydrogen) atoms. The Morgan fingerprint density at radius 3 is 2.06 bits per heavy atom. The summed E-state index contributed by atoms with van der Waals surface area (Å²) in [5, 5.41) is 3.74. The highest BCUT2D eigenvalue weighted by atomic mass is 32.1. The molecule has 1 N–H and O–H groups in total. The number of carbonyl (C=O) groups excluding carboxylic acids is 1. The van der Waals surface area contributed by atoms with E-state index in [-0.39, 0.29) is 11.4 Å². The zero-order valence-electron chi connectivity index (χ0n) is 9.95. The SMILES string of the molecule is O=C1CNC(=S)N1C12CC3CC(CC(C3)C1)C2. The van der Waals surface area contributed by atoms with Crippen LogP contribution in [0.15, 0.2) is 0 Å². The molecule has 0 spiro atoms. The predicted molar refractivity (Wildman–Crippen MR) is 68.3 cm³/mol. The summed E-state index contributed by atoms with van der Waals surface area (Å²) in [5.41, 5.74) is 0.104. The highest BCUT2D eigenvalue weighted by Crippen LogP contribution is 2.58. The lowest BCUT2D eigenvalue weighted by Crippen LogP contribution is -2.61. The van der Waals surface area contributed by atoms with E-state index >= 15 is 0 Å². The van der Waals surface area contributed by atoms with Crippen molar-refractivity contribution in [1.82, 2.24) is 10.2 Å². The van der Waals surface area contributed by atoms with Gasteiger partial charge >= 0.3 is 0 Å². The fraction of sp³-hybridized carbons (Fsp3) is 0.846. The van der Waals surface area contributed by atoms with Crippen molar-refractivity contribution in [2.24, 2.45) is 17.8 Å². The van der Waals surface area contributed by atoms with Crippen molar-refractivity contribution in [2.45, 2.75) is 44.1 Å². The highest BCUT2D eigenvalue weighted by Gasteiger charge is 2.56. The minimum atomic E-state index is 0.104. The summed E-state index contributed by atoms with van der Waals surface area (Å²) in [4.78, 5) is 14.0. The van der Waals surface area contributed by atoms with Gasteiger partial charge in [0.15, 0.2) is 5.11 Å². The van der Waals surface area contributed by atoms with Gasteiger partial charge in [-0.25, -0.2) is 0 Å². The van der Waals surface area contributed by atoms with E-state index < -0.39 is 0 Å². The van der Waals surface area contributed by atoms with Crippen molar-refractivity contribution in [3.63, 3.8) is 0 Å². The van der Waals surface area contributed by atoms with Crippen LogP contribution in [0.3, 0.4) is 0 Å². The van der Waals surface area contributed by atoms with Gasteiger partial charge in [0.1, 0.15) is 0 Å². The molecule has 1 saturated heterocycles. The zero-order valence-corrected chi connectivity index (χ0v) is 10.8. The summed E-state index contributed by atoms with van der Waals surface area (Å²) < 4.78 is 0. The first-order chi connectivity index (χ1) is 8.16. The second-order valence-electron chi connectivity index (χ2n) is 6.53. The summed E-state index contributed by atoms with van der Waals surface area (Å²) in [6.45, 7) is 0.417. The standard InChI is InChI=1S/C13H18N2OS/c16-11-7-14-12(17)15(11)13-4-8-1-9(5-13)3-10(2-8)6-13/h8-10H,1-7H2,(H,14,17). The van der Waals surface area contributed by atoms with Gasteiger partial charge in [0.05, 0.1) is 12.1 Å². The first kappa shape index (κ1) is 10.3. The van der Waals surface area contributed by atoms with Crippen LogP contribution < -0.4 is 5.32 Å². The largest absolute Gasteiger partial charge is 0.353 e. The molecule has 92 valence electrons. The molecule has 4 saturated carbocycles. The number of nitrogens with zero attached hydrogens (tertiary/aromatic N) is 1. The fourth-order valence-electron chi connectivity index (χ4n) is 5.24. The average Bonchev–Trinajstić information content (AvgIpc) is 2.56. The molecule has 0 atom stereocenters. The van der Waals surface area contributed by atoms with Crippen molar-refractivity contribution in [2.75, 3.05) is 6.54 Å². The summed E-state index contributed by atoms with van der Waals surface area (Å²) in [6.07, 6.45) is 7.82. The Hall–Kier alpha value is -0.640. The summed E-state index contributed by atoms with van der Waals surface area (Å²) in [6, 6.07) is 0. The maximum atomic E-state index is 12.1. The molecule has 5 aliphatic rings. The number of hydrogen-bond donors (Lipinski definition) is 1. The van der Waals surface area contributed by atoms with E-state index in [1.54, 1.807) is 0 Å². The smallest absolute Gasteiger partial charge is 0.248 e. The van der Waals surface area contributed by atoms with Gasteiger partial charge in [0.2, 0.25) is 5.91 Å². The molecule has 4 bridgehead atoms. The number of nitrogens with one attached hydrogen (secondary N) is 1. The third-order valence-corrected chi connectivity index (χ3v) is 5.65. The first-order valence-corrected chi connectivity index (χ1v) is 7.18. The van der Waals surface area contributed by atoms with Crippen LogP contribution in [0.5, 0.6) is 0 Å². The normalized spacial score (nSPS) is 47.8. The van der Waals surface area contributed by atoms with Crippen molar-refractivity contribution < 1.29 is 4.79 Å². The van der Waals surface area contributed by atoms with E-state index in [2.05, 4.69) is 5.32 Å². The Morgan fingerprint density at radius 1 is 1.12 bits per heavy atom. The molecule has 5 rings (SSSR count). The molecule has 1 heterocycles. The van der Waals surface area contributed by atoms with Gasteiger partial charge in [-0.05, 0) is 68.5 Å². The van der Waals surface area contributed by atoms with Gasteiger partial charge in [0, 0.05) is 0 Å². The molecule has 0 radical (unpaired) electrons. The quantitative estimate of drug-likeness (QED) is 0.719. The Bertz CT molecular complexity index is 355. The van der Waals surface area contributed by atoms with Crippen molar-refractivity contribution in [3.05, 3.63) is 0 Å². The van der Waals surface area contributed by atoms with Crippen molar-refractivity contribution in [3.8, 4) is 0 Å². The maximum Gasteiger partial charge on any atom is 0.248 e. The molecule has 5 fully saturated rings. The van der Waals surface area contributed by atoms with Gasteiger partial charge in [-0.2, -0.15) is 0 Å². The van der Waals surface area contributed by atoms with Crippen LogP contribution in [0.1, 0.15) is 38.5 Å². The molecular weight excluding hydrogens is 232 g/mol. The molecule has 1 amide bonds. The lowest BCUT2D eigenvalue weighted by Gasteiger charge is -2.59. The molecule has 1 aliphatic heterocycles. The van der Waals surface area contributed by atoms with E-state index in [4.69, 9.17) is 12.2 Å². The van der Waals surface area contributed by atoms with Crippen LogP contribution in [-0.2, 0) is 4.79 Å². The van der Waals surface area contributed by atoms with Crippen molar-refractivity contribution in [1.29, 1.82) is 0 Å². The number of amides is 1. The van der Waals surface area contributed by atoms with Gasteiger partial charge in [0.25, 0.3) is 0 Å². The molecule has 0 aromatic carbocycles. The summed E-state index contributed by atoms with van der Waals surface area (Å²) in [7, 11) is 0. The topological polar surface area (TPSA) is 32.3 Å². The molecule has 0 aromatic heterocycles. The van der Waals surface area contributed by atoms with Gasteiger partial charge in [-0.15, -0.1) is 0 Å². The van der Waals surface area contributed by atoms with E-state index in [9.17, 15) is 4.79 Å². The van der Waals surface area contributed by atoms with E-state index in [1.165, 1.54) is 38.5 Å². The number of thiocarbonyl (C=S) groups is 1. The van der Waals surface area contributed by atoms with Crippen LogP contribution >= 0.6 is 12.2 Å². The van der Waals surface area contributed by atoms with Crippen LogP contribution in [0.2, 0.25) is 0 Å². The van der Waals surface area contributed by atoms with Crippen LogP contribution in [-0.4, -0.2) is 28.0 Å². The Morgan fingerprint density at radius 2 is 1.65 bits per heavy atom. The predicted octanol–water partition coefficient (Wildman–Crippen LogP) is 1.67. The second-order valence-corrected chi connectivity index (χ2v) is 6.92. The summed E-state index contributed by atoms with van der Waals surface area (Å²) in [5.74, 6) is 2.78. The molecule has 4 heteroatoms. The Labute approximate surface area is 107 Å². The monoisotopic (exact) mass is 250 g/mol. The number of rotatable bonds is 1. The van der Waals surface area contributed by atoms with Gasteiger partial charge in [-0.1, -0.05) is 0 Å². The molecule has 3 nitrogen and oxygen atoms in total. The summed E-state index contributed by atoms with van der Waals surface area (Å²) >= 11 is 5.35. The fourth-order valence-corrected chi connectivity index (χ4v) is 5.61. The van der Waals surface area contributed by atoms with Crippen LogP contribution in [0.25, 0.3) is 0 Å². The molecule has 0 aromatic rings. The van der Waals surface area contributed by atoms with Crippen molar-refractivity contribution >= 4 is 23.2 Å². The zero-order chi connectivity index (χ0) is 11.6. The maximum absolute atomic E-state index is 12.1. The third-order valence-electron chi connectivity index (χ3n) is 5.32. The Balaban J connectivity index is 1.72. The molecule has 0 unspecified atom stereocenters. The van der Waals surface area contributed by atoms with E-state index in [0.717, 1.165) is 17.8 Å². The van der Waals surface area contributed by atoms with Gasteiger partial charge in [-0.3, -0.25) is 9.69 Å². The molecule has 4 aliphatic carbocycles. The number of carbonyl (C=O) groups is 1. The third kappa shape index (κ3) is 1.33. The lowest BCUT2D eigenvalue weighted by molar-refractivity contribution is -0.137. The molecular formula is C13H18N2OS. The Kier molecular flexibility index (Phi) is 1.95. The van der Waals surface area contributed by atoms with Gasteiger partial charge < -0.3 is 5.32 Å². The lowest BCUT2D eigenvalue weighted by atomic mass is 9.52. The van der Waals surface area contributed by atoms with Crippen LogP contribution in [0, 0.1) is 17.8 Å². The van der Waals surface area contributed by atoms with E-state index in [0.29, 0.717) is 11.7 Å². The average molecular weight is 250 g/mol. The minimum absolute atomic E-state index is 0.104. The van der Waals surface area contributed by atoms with Crippen LogP contribution in [0.4, 0.5) is 0 Å². The number of hydrogen-bond acceptors (Lipinski definition) is 2. The second kappa shape index (κ2) is 3.22. The first-order valence-electron chi connectivity index (χ1n) is 6.77. The highest BCUT2D eigenvalue weighted by molar-refractivity contribution is 7.80. The minimum Gasteiger partial charge on any atom is -0.353 e. The van der Waals surface area contributed by atoms with E-state index in [1.807, 2.05) is 4.90 Å².